The van der Waals surface area contributed by atoms with Crippen molar-refractivity contribution in [2.45, 2.75) is 32.6 Å². The monoisotopic (exact) mass is 433 g/mol. The minimum atomic E-state index is 0.669. The lowest BCUT2D eigenvalue weighted by molar-refractivity contribution is 0.884. The largest absolute Gasteiger partial charge is 0.340 e. The Kier molecular flexibility index (Phi) is 4.36. The fraction of sp³-hybridized carbons (Fsp3) is 0.227. The van der Waals surface area contributed by atoms with Crippen molar-refractivity contribution in [1.29, 1.82) is 0 Å². The van der Waals surface area contributed by atoms with Gasteiger partial charge >= 0.3 is 0 Å². The van der Waals surface area contributed by atoms with Gasteiger partial charge in [-0.25, -0.2) is 4.98 Å². The summed E-state index contributed by atoms with van der Waals surface area (Å²) in [5.41, 5.74) is 5.88. The Hall–Kier alpha value is -2.73. The van der Waals surface area contributed by atoms with Crippen LogP contribution < -0.4 is 5.32 Å². The number of hydrogen-bond acceptors (Lipinski definition) is 4. The second-order valence-corrected chi connectivity index (χ2v) is 8.19. The first-order valence-corrected chi connectivity index (χ1v) is 10.3. The van der Waals surface area contributed by atoms with Crippen molar-refractivity contribution < 1.29 is 0 Å². The quantitative estimate of drug-likeness (QED) is 0.490. The van der Waals surface area contributed by atoms with Gasteiger partial charge in [-0.05, 0) is 56.0 Å². The zero-order valence-electron chi connectivity index (χ0n) is 15.6. The molecule has 1 aliphatic carbocycles. The van der Waals surface area contributed by atoms with E-state index in [-0.39, 0.29) is 0 Å². The van der Waals surface area contributed by atoms with Crippen LogP contribution in [-0.4, -0.2) is 19.6 Å². The maximum atomic E-state index is 4.79. The molecule has 4 aromatic rings. The van der Waals surface area contributed by atoms with E-state index in [4.69, 9.17) is 15.1 Å². The van der Waals surface area contributed by atoms with E-state index in [1.807, 2.05) is 16.6 Å². The number of nitrogens with zero attached hydrogens (tertiary/aromatic N) is 4. The van der Waals surface area contributed by atoms with Crippen molar-refractivity contribution in [1.82, 2.24) is 19.6 Å². The first kappa shape index (κ1) is 17.4. The van der Waals surface area contributed by atoms with E-state index in [0.29, 0.717) is 12.2 Å². The lowest BCUT2D eigenvalue weighted by atomic mass is 10.1. The summed E-state index contributed by atoms with van der Waals surface area (Å²) in [7, 11) is 0. The Balaban J connectivity index is 1.56. The Labute approximate surface area is 172 Å². The summed E-state index contributed by atoms with van der Waals surface area (Å²) in [6, 6.07) is 16.7. The van der Waals surface area contributed by atoms with Gasteiger partial charge in [0.05, 0.1) is 5.69 Å². The van der Waals surface area contributed by atoms with Crippen molar-refractivity contribution in [3.63, 3.8) is 0 Å². The molecule has 1 aliphatic rings. The van der Waals surface area contributed by atoms with E-state index >= 15 is 0 Å². The predicted octanol–water partition coefficient (Wildman–Crippen LogP) is 5.02. The van der Waals surface area contributed by atoms with Gasteiger partial charge in [-0.1, -0.05) is 45.8 Å². The highest BCUT2D eigenvalue weighted by Crippen LogP contribution is 2.30. The zero-order valence-corrected chi connectivity index (χ0v) is 17.2. The van der Waals surface area contributed by atoms with Crippen molar-refractivity contribution in [3.05, 3.63) is 81.2 Å². The number of benzene rings is 2. The first-order chi connectivity index (χ1) is 13.7. The van der Waals surface area contributed by atoms with Crippen molar-refractivity contribution in [2.24, 2.45) is 0 Å². The van der Waals surface area contributed by atoms with Gasteiger partial charge in [0.15, 0.2) is 5.82 Å². The molecule has 28 heavy (non-hydrogen) atoms. The van der Waals surface area contributed by atoms with Gasteiger partial charge in [0.1, 0.15) is 5.82 Å². The zero-order chi connectivity index (χ0) is 19.1. The summed E-state index contributed by atoms with van der Waals surface area (Å²) in [5, 5.41) is 8.35. The molecule has 0 atom stereocenters. The third-order valence-corrected chi connectivity index (χ3v) is 5.67. The summed E-state index contributed by atoms with van der Waals surface area (Å²) in [6.45, 7) is 2.10. The summed E-state index contributed by atoms with van der Waals surface area (Å²) >= 11 is 3.49. The molecule has 2 heterocycles. The predicted molar refractivity (Wildman–Crippen MR) is 114 cm³/mol. The van der Waals surface area contributed by atoms with Crippen molar-refractivity contribution in [2.75, 3.05) is 5.32 Å². The summed E-state index contributed by atoms with van der Waals surface area (Å²) in [5.74, 6) is 2.45. The van der Waals surface area contributed by atoms with Crippen LogP contribution in [0.1, 0.15) is 34.6 Å². The van der Waals surface area contributed by atoms with Crippen LogP contribution in [0.5, 0.6) is 0 Å². The first-order valence-electron chi connectivity index (χ1n) is 9.51. The maximum absolute atomic E-state index is 4.79. The van der Waals surface area contributed by atoms with Crippen LogP contribution in [0.25, 0.3) is 5.78 Å². The highest BCUT2D eigenvalue weighted by atomic mass is 79.9. The van der Waals surface area contributed by atoms with Crippen LogP contribution in [0.3, 0.4) is 0 Å². The van der Waals surface area contributed by atoms with E-state index in [1.165, 1.54) is 16.7 Å². The van der Waals surface area contributed by atoms with E-state index in [0.717, 1.165) is 46.8 Å². The molecule has 0 radical (unpaired) electrons. The van der Waals surface area contributed by atoms with Crippen LogP contribution in [0, 0.1) is 6.92 Å². The lowest BCUT2D eigenvalue weighted by Gasteiger charge is -2.12. The average molecular weight is 434 g/mol. The molecule has 5 nitrogen and oxygen atoms in total. The molecule has 0 spiro atoms. The molecular weight excluding hydrogens is 414 g/mol. The van der Waals surface area contributed by atoms with Gasteiger partial charge in [0.2, 0.25) is 0 Å². The second-order valence-electron chi connectivity index (χ2n) is 7.27. The molecule has 0 unspecified atom stereocenters. The SMILES string of the molecule is Cc1ccc(Cc2nc3nc4c(c(Nc5ccc(Br)cc5)n3n2)CCC4)cc1. The molecular formula is C22H20BrN5. The summed E-state index contributed by atoms with van der Waals surface area (Å²) in [4.78, 5) is 9.51. The molecule has 0 aliphatic heterocycles. The summed E-state index contributed by atoms with van der Waals surface area (Å²) in [6.07, 6.45) is 3.85. The Morgan fingerprint density at radius 1 is 1.00 bits per heavy atom. The number of hydrogen-bond donors (Lipinski definition) is 1. The van der Waals surface area contributed by atoms with Gasteiger partial charge in [-0.15, -0.1) is 5.10 Å². The molecule has 1 N–H and O–H groups in total. The molecule has 0 fully saturated rings. The third-order valence-electron chi connectivity index (χ3n) is 5.15. The number of rotatable bonds is 4. The van der Waals surface area contributed by atoms with Gasteiger partial charge < -0.3 is 5.32 Å². The third kappa shape index (κ3) is 3.29. The van der Waals surface area contributed by atoms with E-state index in [9.17, 15) is 0 Å². The van der Waals surface area contributed by atoms with Crippen molar-refractivity contribution in [3.8, 4) is 0 Å². The molecule has 0 amide bonds. The Morgan fingerprint density at radius 2 is 1.79 bits per heavy atom. The van der Waals surface area contributed by atoms with Crippen molar-refractivity contribution >= 4 is 33.2 Å². The number of aryl methyl sites for hydroxylation is 2. The number of halogens is 1. The van der Waals surface area contributed by atoms with E-state index in [2.05, 4.69) is 64.6 Å². The molecule has 2 aromatic heterocycles. The topological polar surface area (TPSA) is 55.1 Å². The van der Waals surface area contributed by atoms with Crippen LogP contribution in [0.15, 0.2) is 53.0 Å². The fourth-order valence-corrected chi connectivity index (χ4v) is 3.95. The number of anilines is 2. The maximum Gasteiger partial charge on any atom is 0.254 e. The van der Waals surface area contributed by atoms with Gasteiger partial charge in [-0.2, -0.15) is 9.50 Å². The fourth-order valence-electron chi connectivity index (χ4n) is 3.68. The Bertz CT molecular complexity index is 1150. The van der Waals surface area contributed by atoms with Gasteiger partial charge in [-0.3, -0.25) is 0 Å². The lowest BCUT2D eigenvalue weighted by Crippen LogP contribution is -2.07. The molecule has 5 rings (SSSR count). The minimum Gasteiger partial charge on any atom is -0.340 e. The van der Waals surface area contributed by atoms with Crippen LogP contribution in [0.4, 0.5) is 11.5 Å². The van der Waals surface area contributed by atoms with E-state index < -0.39 is 0 Å². The van der Waals surface area contributed by atoms with Gasteiger partial charge in [0.25, 0.3) is 5.78 Å². The molecule has 0 saturated heterocycles. The van der Waals surface area contributed by atoms with Gasteiger partial charge in [0, 0.05) is 22.1 Å². The summed E-state index contributed by atoms with van der Waals surface area (Å²) < 4.78 is 2.93. The number of aromatic nitrogens is 4. The molecule has 6 heteroatoms. The van der Waals surface area contributed by atoms with E-state index in [1.54, 1.807) is 0 Å². The molecule has 0 bridgehead atoms. The molecule has 140 valence electrons. The standard InChI is InChI=1S/C22H20BrN5/c1-14-5-7-15(8-6-14)13-20-26-22-25-19-4-2-3-18(19)21(28(22)27-20)24-17-11-9-16(23)10-12-17/h5-12,24H,2-4,13H2,1H3. The second kappa shape index (κ2) is 7.02. The highest BCUT2D eigenvalue weighted by Gasteiger charge is 2.22. The smallest absolute Gasteiger partial charge is 0.254 e. The van der Waals surface area contributed by atoms with Crippen LogP contribution in [0.2, 0.25) is 0 Å². The number of nitrogens with one attached hydrogen (secondary N) is 1. The minimum absolute atomic E-state index is 0.669. The molecule has 0 saturated carbocycles. The molecule has 2 aromatic carbocycles. The van der Waals surface area contributed by atoms with Crippen LogP contribution >= 0.6 is 15.9 Å². The normalized spacial score (nSPS) is 13.1. The average Bonchev–Trinajstić information content (AvgIpc) is 3.31. The Morgan fingerprint density at radius 3 is 2.57 bits per heavy atom. The number of fused-ring (bicyclic) bond motifs is 2. The highest BCUT2D eigenvalue weighted by molar-refractivity contribution is 9.10. The van der Waals surface area contributed by atoms with Crippen LogP contribution in [-0.2, 0) is 19.3 Å².